The molecule has 7 aromatic rings. The van der Waals surface area contributed by atoms with Crippen LogP contribution in [0, 0.1) is 0 Å². The van der Waals surface area contributed by atoms with E-state index < -0.39 is 11.5 Å². The summed E-state index contributed by atoms with van der Waals surface area (Å²) in [4.78, 5) is 29.0. The smallest absolute Gasteiger partial charge is 0.354 e. The topological polar surface area (TPSA) is 116 Å². The van der Waals surface area contributed by atoms with Gasteiger partial charge in [-0.3, -0.25) is 4.79 Å². The Morgan fingerprint density at radius 1 is 0.741 bits per heavy atom. The number of carbonyl (C=O) groups excluding carboxylic acids is 1. The van der Waals surface area contributed by atoms with Gasteiger partial charge in [-0.15, -0.1) is 5.10 Å². The number of imidazole rings is 1. The third kappa shape index (κ3) is 7.12. The van der Waals surface area contributed by atoms with E-state index in [1.54, 1.807) is 4.57 Å². The van der Waals surface area contributed by atoms with Crippen LogP contribution in [0.15, 0.2) is 140 Å². The van der Waals surface area contributed by atoms with Gasteiger partial charge in [0.15, 0.2) is 16.6 Å². The predicted octanol–water partition coefficient (Wildman–Crippen LogP) is 8.91. The summed E-state index contributed by atoms with van der Waals surface area (Å²) in [6.07, 6.45) is 2.48. The molecule has 0 amide bonds. The van der Waals surface area contributed by atoms with Gasteiger partial charge in [-0.05, 0) is 50.2 Å². The van der Waals surface area contributed by atoms with E-state index in [4.69, 9.17) is 15.3 Å². The van der Waals surface area contributed by atoms with Crippen molar-refractivity contribution in [1.29, 1.82) is 0 Å². The lowest BCUT2D eigenvalue weighted by atomic mass is 9.77. The van der Waals surface area contributed by atoms with Crippen molar-refractivity contribution >= 4 is 22.8 Å². The summed E-state index contributed by atoms with van der Waals surface area (Å²) < 4.78 is 3.73. The first-order chi connectivity index (χ1) is 26.4. The monoisotopic (exact) mass is 732 g/mol. The molecule has 0 spiro atoms. The van der Waals surface area contributed by atoms with Crippen LogP contribution in [0.4, 0.5) is 0 Å². The van der Waals surface area contributed by atoms with Gasteiger partial charge in [0.05, 0.1) is 5.69 Å². The molecule has 10 heteroatoms. The summed E-state index contributed by atoms with van der Waals surface area (Å²) in [5, 5.41) is 23.9. The summed E-state index contributed by atoms with van der Waals surface area (Å²) >= 11 is 1.07. The molecular weight excluding hydrogens is 693 g/mol. The minimum atomic E-state index is -1.05. The molecule has 0 fully saturated rings. The van der Waals surface area contributed by atoms with Crippen molar-refractivity contribution in [3.8, 4) is 22.5 Å². The Bertz CT molecular complexity index is 2260. The fraction of sp³-hybridized carbons (Fsp3) is 0.182. The van der Waals surface area contributed by atoms with Gasteiger partial charge in [-0.2, -0.15) is 0 Å². The van der Waals surface area contributed by atoms with Crippen molar-refractivity contribution in [3.05, 3.63) is 179 Å². The van der Waals surface area contributed by atoms with Crippen molar-refractivity contribution in [2.24, 2.45) is 0 Å². The number of rotatable bonds is 14. The van der Waals surface area contributed by atoms with E-state index in [1.807, 2.05) is 89.6 Å². The number of aromatic carboxylic acids is 1. The molecule has 0 saturated carbocycles. The van der Waals surface area contributed by atoms with E-state index in [1.165, 1.54) is 6.92 Å². The van der Waals surface area contributed by atoms with Crippen LogP contribution in [0.2, 0.25) is 0 Å². The third-order valence-electron chi connectivity index (χ3n) is 9.62. The first kappa shape index (κ1) is 36.2. The number of aromatic nitrogens is 6. The van der Waals surface area contributed by atoms with E-state index in [9.17, 15) is 14.7 Å². The highest BCUT2D eigenvalue weighted by Crippen LogP contribution is 2.43. The number of carbonyl (C=O) groups is 2. The largest absolute Gasteiger partial charge is 0.477 e. The predicted molar refractivity (Wildman–Crippen MR) is 212 cm³/mol. The molecule has 1 N–H and O–H groups in total. The zero-order valence-electron chi connectivity index (χ0n) is 30.2. The number of tetrazole rings is 1. The molecule has 9 nitrogen and oxygen atoms in total. The van der Waals surface area contributed by atoms with Crippen LogP contribution in [0.1, 0.15) is 70.9 Å². The SMILES string of the molecule is CCCCc1nc(CSC(C)=O)c(C(=O)O)n1Cc1ccc(-c2ccccc2-c2nnnn2C(c2ccccc2)(c2ccccc2)c2ccccc2)cc1. The Labute approximate surface area is 318 Å². The second kappa shape index (κ2) is 16.3. The summed E-state index contributed by atoms with van der Waals surface area (Å²) in [6.45, 7) is 3.91. The van der Waals surface area contributed by atoms with Crippen LogP contribution in [0.5, 0.6) is 0 Å². The number of carboxylic acid groups (broad SMARTS) is 1. The Balaban J connectivity index is 1.31. The van der Waals surface area contributed by atoms with Gasteiger partial charge < -0.3 is 9.67 Å². The van der Waals surface area contributed by atoms with E-state index in [0.29, 0.717) is 30.3 Å². The van der Waals surface area contributed by atoms with Crippen molar-refractivity contribution < 1.29 is 14.7 Å². The second-order valence-corrected chi connectivity index (χ2v) is 14.2. The van der Waals surface area contributed by atoms with Crippen molar-refractivity contribution in [3.63, 3.8) is 0 Å². The number of hydrogen-bond donors (Lipinski definition) is 1. The van der Waals surface area contributed by atoms with Crippen LogP contribution >= 0.6 is 11.8 Å². The zero-order valence-corrected chi connectivity index (χ0v) is 31.0. The maximum absolute atomic E-state index is 12.6. The molecule has 2 heterocycles. The van der Waals surface area contributed by atoms with E-state index in [-0.39, 0.29) is 16.6 Å². The average molecular weight is 733 g/mol. The molecule has 0 unspecified atom stereocenters. The van der Waals surface area contributed by atoms with Gasteiger partial charge in [0.25, 0.3) is 0 Å². The molecule has 5 aromatic carbocycles. The first-order valence-electron chi connectivity index (χ1n) is 18.0. The molecule has 0 atom stereocenters. The Morgan fingerprint density at radius 2 is 1.30 bits per heavy atom. The molecule has 0 radical (unpaired) electrons. The van der Waals surface area contributed by atoms with Gasteiger partial charge in [-0.25, -0.2) is 14.5 Å². The Morgan fingerprint density at radius 3 is 1.83 bits per heavy atom. The van der Waals surface area contributed by atoms with E-state index in [2.05, 4.69) is 66.7 Å². The molecule has 0 saturated heterocycles. The molecule has 54 heavy (non-hydrogen) atoms. The summed E-state index contributed by atoms with van der Waals surface area (Å²) in [5.74, 6) is 0.490. The maximum Gasteiger partial charge on any atom is 0.354 e. The summed E-state index contributed by atoms with van der Waals surface area (Å²) in [6, 6.07) is 47.2. The highest BCUT2D eigenvalue weighted by molar-refractivity contribution is 8.12. The van der Waals surface area contributed by atoms with Crippen molar-refractivity contribution in [1.82, 2.24) is 29.8 Å². The molecule has 0 aliphatic heterocycles. The quantitative estimate of drug-likeness (QED) is 0.110. The third-order valence-corrected chi connectivity index (χ3v) is 10.4. The zero-order chi connectivity index (χ0) is 37.5. The standard InChI is InChI=1S/C44H40N6O3S/c1-3-4-24-40-45-39(30-54-31(2)51)41(43(52)53)49(40)29-32-25-27-33(28-26-32)37-22-14-15-23-38(37)42-46-47-48-50(42)44(34-16-8-5-9-17-34,35-18-10-6-11-19-35)36-20-12-7-13-21-36/h5-23,25-28H,3-4,24,29-30H2,1-2H3,(H,52,53). The first-order valence-corrected chi connectivity index (χ1v) is 19.0. The Kier molecular flexibility index (Phi) is 10.9. The van der Waals surface area contributed by atoms with Gasteiger partial charge in [-0.1, -0.05) is 165 Å². The number of hydrogen-bond acceptors (Lipinski definition) is 7. The van der Waals surface area contributed by atoms with Gasteiger partial charge in [0.1, 0.15) is 11.4 Å². The lowest BCUT2D eigenvalue weighted by molar-refractivity contribution is -0.109. The molecule has 0 aliphatic carbocycles. The highest BCUT2D eigenvalue weighted by atomic mass is 32.2. The van der Waals surface area contributed by atoms with Crippen LogP contribution in [-0.2, 0) is 29.1 Å². The fourth-order valence-electron chi connectivity index (χ4n) is 7.15. The second-order valence-electron chi connectivity index (χ2n) is 13.1. The summed E-state index contributed by atoms with van der Waals surface area (Å²) in [7, 11) is 0. The average Bonchev–Trinajstić information content (AvgIpc) is 3.83. The minimum absolute atomic E-state index is 0.0771. The maximum atomic E-state index is 12.6. The van der Waals surface area contributed by atoms with Crippen LogP contribution < -0.4 is 0 Å². The van der Waals surface area contributed by atoms with E-state index >= 15 is 0 Å². The van der Waals surface area contributed by atoms with Crippen molar-refractivity contribution in [2.45, 2.75) is 50.9 Å². The number of nitrogens with zero attached hydrogens (tertiary/aromatic N) is 6. The molecule has 2 aromatic heterocycles. The Hall–Kier alpha value is -6.13. The molecule has 0 aliphatic rings. The van der Waals surface area contributed by atoms with Crippen LogP contribution in [0.25, 0.3) is 22.5 Å². The van der Waals surface area contributed by atoms with Crippen LogP contribution in [0.3, 0.4) is 0 Å². The molecule has 0 bridgehead atoms. The van der Waals surface area contributed by atoms with Gasteiger partial charge in [0.2, 0.25) is 0 Å². The molecular formula is C44H40N6O3S. The summed E-state index contributed by atoms with van der Waals surface area (Å²) in [5.41, 5.74) is 6.40. The normalized spacial score (nSPS) is 11.4. The highest BCUT2D eigenvalue weighted by Gasteiger charge is 2.42. The number of benzene rings is 5. The number of aryl methyl sites for hydroxylation is 1. The lowest BCUT2D eigenvalue weighted by Gasteiger charge is -2.36. The lowest BCUT2D eigenvalue weighted by Crippen LogP contribution is -2.39. The fourth-order valence-corrected chi connectivity index (χ4v) is 7.69. The molecule has 7 rings (SSSR count). The molecule has 270 valence electrons. The van der Waals surface area contributed by atoms with Crippen molar-refractivity contribution in [2.75, 3.05) is 0 Å². The van der Waals surface area contributed by atoms with Crippen LogP contribution in [-0.4, -0.2) is 45.9 Å². The van der Waals surface area contributed by atoms with Gasteiger partial charge >= 0.3 is 5.97 Å². The number of carboxylic acids is 1. The number of unbranched alkanes of at least 4 members (excludes halogenated alkanes) is 1. The van der Waals surface area contributed by atoms with E-state index in [0.717, 1.165) is 63.5 Å². The number of thioether (sulfide) groups is 1. The van der Waals surface area contributed by atoms with Gasteiger partial charge in [0, 0.05) is 31.2 Å². The minimum Gasteiger partial charge on any atom is -0.477 e.